The minimum atomic E-state index is -1.26. The molecule has 10 heteroatoms. The van der Waals surface area contributed by atoms with Crippen molar-refractivity contribution in [3.8, 4) is 5.13 Å². The second-order valence-electron chi connectivity index (χ2n) is 6.19. The first-order valence-corrected chi connectivity index (χ1v) is 9.02. The average molecular weight is 408 g/mol. The van der Waals surface area contributed by atoms with Gasteiger partial charge in [-0.05, 0) is 26.1 Å². The molecular weight excluding hydrogens is 390 g/mol. The fourth-order valence-corrected chi connectivity index (χ4v) is 3.85. The first kappa shape index (κ1) is 19.3. The molecule has 1 aliphatic heterocycles. The maximum absolute atomic E-state index is 12.5. The minimum absolute atomic E-state index is 0. The van der Waals surface area contributed by atoms with E-state index in [1.54, 1.807) is 28.3 Å². The summed E-state index contributed by atoms with van der Waals surface area (Å²) in [5.74, 6) is -0.510. The van der Waals surface area contributed by atoms with Crippen LogP contribution in [0.25, 0.3) is 16.2 Å². The first-order chi connectivity index (χ1) is 12.5. The molecule has 0 radical (unpaired) electrons. The third-order valence-corrected chi connectivity index (χ3v) is 5.59. The molecule has 3 aromatic heterocycles. The van der Waals surface area contributed by atoms with E-state index in [4.69, 9.17) is 0 Å². The standard InChI is InChI=1S/C17H17N5O3S.ClH/c1-9-12(18-2)8-21(9)13-4-3-10-14(23)11(16(24)25)7-22(15(10)20-13)17-19-5-6-26-17;/h3-7,9,12,18H,8H2,1-2H3,(H,24,25);1H/t9-,12+;/m0./s1. The van der Waals surface area contributed by atoms with Crippen LogP contribution in [0.2, 0.25) is 0 Å². The summed E-state index contributed by atoms with van der Waals surface area (Å²) in [4.78, 5) is 35.1. The smallest absolute Gasteiger partial charge is 0.341 e. The predicted molar refractivity (Wildman–Crippen MR) is 107 cm³/mol. The Morgan fingerprint density at radius 2 is 2.19 bits per heavy atom. The molecule has 142 valence electrons. The van der Waals surface area contributed by atoms with Crippen molar-refractivity contribution in [2.24, 2.45) is 0 Å². The van der Waals surface area contributed by atoms with Crippen LogP contribution in [0.1, 0.15) is 17.3 Å². The van der Waals surface area contributed by atoms with E-state index >= 15 is 0 Å². The van der Waals surface area contributed by atoms with Crippen molar-refractivity contribution in [2.75, 3.05) is 18.5 Å². The molecule has 0 amide bonds. The van der Waals surface area contributed by atoms with Crippen molar-refractivity contribution in [1.29, 1.82) is 0 Å². The molecular formula is C17H18ClN5O3S. The Bertz CT molecular complexity index is 1050. The third-order valence-electron chi connectivity index (χ3n) is 4.82. The van der Waals surface area contributed by atoms with Gasteiger partial charge in [0.1, 0.15) is 11.4 Å². The number of carboxylic acids is 1. The Morgan fingerprint density at radius 3 is 2.78 bits per heavy atom. The molecule has 1 aliphatic rings. The van der Waals surface area contributed by atoms with Gasteiger partial charge in [0.15, 0.2) is 10.8 Å². The monoisotopic (exact) mass is 407 g/mol. The highest BCUT2D eigenvalue weighted by molar-refractivity contribution is 7.12. The fourth-order valence-electron chi connectivity index (χ4n) is 3.23. The van der Waals surface area contributed by atoms with Crippen molar-refractivity contribution in [3.05, 3.63) is 45.7 Å². The Kier molecular flexibility index (Phi) is 5.18. The molecule has 1 fully saturated rings. The number of fused-ring (bicyclic) bond motifs is 1. The second kappa shape index (κ2) is 7.26. The molecule has 0 aliphatic carbocycles. The number of halogens is 1. The zero-order valence-corrected chi connectivity index (χ0v) is 16.3. The van der Waals surface area contributed by atoms with Gasteiger partial charge in [0.2, 0.25) is 5.43 Å². The van der Waals surface area contributed by atoms with Gasteiger partial charge in [0.05, 0.1) is 5.39 Å². The predicted octanol–water partition coefficient (Wildman–Crippen LogP) is 1.76. The number of likely N-dealkylation sites (N-methyl/N-ethyl adjacent to an activating group) is 1. The van der Waals surface area contributed by atoms with E-state index in [2.05, 4.69) is 27.1 Å². The molecule has 4 heterocycles. The van der Waals surface area contributed by atoms with Gasteiger partial charge in [0, 0.05) is 36.4 Å². The first-order valence-electron chi connectivity index (χ1n) is 8.14. The molecule has 0 bridgehead atoms. The number of aromatic carboxylic acids is 1. The van der Waals surface area contributed by atoms with Crippen LogP contribution >= 0.6 is 23.7 Å². The number of carbonyl (C=O) groups is 1. The van der Waals surface area contributed by atoms with E-state index in [-0.39, 0.29) is 29.4 Å². The topological polar surface area (TPSA) is 100 Å². The van der Waals surface area contributed by atoms with Crippen LogP contribution in [-0.2, 0) is 0 Å². The summed E-state index contributed by atoms with van der Waals surface area (Å²) in [6.07, 6.45) is 2.93. The molecule has 8 nitrogen and oxygen atoms in total. The highest BCUT2D eigenvalue weighted by Crippen LogP contribution is 2.27. The molecule has 27 heavy (non-hydrogen) atoms. The van der Waals surface area contributed by atoms with Gasteiger partial charge >= 0.3 is 5.97 Å². The van der Waals surface area contributed by atoms with E-state index in [1.165, 1.54) is 17.5 Å². The van der Waals surface area contributed by atoms with Crippen LogP contribution in [0.5, 0.6) is 0 Å². The Balaban J connectivity index is 0.00000210. The number of thiazole rings is 1. The summed E-state index contributed by atoms with van der Waals surface area (Å²) in [7, 11) is 1.93. The van der Waals surface area contributed by atoms with Crippen molar-refractivity contribution in [1.82, 2.24) is 19.9 Å². The van der Waals surface area contributed by atoms with Crippen LogP contribution < -0.4 is 15.6 Å². The Labute approximate surface area is 164 Å². The second-order valence-corrected chi connectivity index (χ2v) is 7.06. The molecule has 0 unspecified atom stereocenters. The van der Waals surface area contributed by atoms with Crippen LogP contribution in [0, 0.1) is 0 Å². The van der Waals surface area contributed by atoms with Gasteiger partial charge < -0.3 is 15.3 Å². The molecule has 0 aromatic carbocycles. The van der Waals surface area contributed by atoms with E-state index in [9.17, 15) is 14.7 Å². The molecule has 2 atom stereocenters. The summed E-state index contributed by atoms with van der Waals surface area (Å²) in [5, 5.41) is 15.2. The zero-order valence-electron chi connectivity index (χ0n) is 14.6. The van der Waals surface area contributed by atoms with E-state index in [1.807, 2.05) is 7.05 Å². The van der Waals surface area contributed by atoms with Crippen molar-refractivity contribution in [3.63, 3.8) is 0 Å². The van der Waals surface area contributed by atoms with Gasteiger partial charge in [-0.1, -0.05) is 0 Å². The Hall–Kier alpha value is -2.49. The van der Waals surface area contributed by atoms with Crippen LogP contribution in [0.4, 0.5) is 5.82 Å². The van der Waals surface area contributed by atoms with Gasteiger partial charge in [0.25, 0.3) is 0 Å². The number of anilines is 1. The summed E-state index contributed by atoms with van der Waals surface area (Å²) in [5.41, 5.74) is -0.425. The average Bonchev–Trinajstić information content (AvgIpc) is 3.15. The van der Waals surface area contributed by atoms with Crippen molar-refractivity contribution in [2.45, 2.75) is 19.0 Å². The zero-order chi connectivity index (χ0) is 18.4. The molecule has 1 saturated heterocycles. The van der Waals surface area contributed by atoms with Gasteiger partial charge in [-0.25, -0.2) is 14.8 Å². The lowest BCUT2D eigenvalue weighted by Gasteiger charge is -2.47. The number of rotatable bonds is 4. The fraction of sp³-hybridized carbons (Fsp3) is 0.294. The quantitative estimate of drug-likeness (QED) is 0.679. The van der Waals surface area contributed by atoms with Gasteiger partial charge in [-0.15, -0.1) is 23.7 Å². The third kappa shape index (κ3) is 3.07. The lowest BCUT2D eigenvalue weighted by atomic mass is 9.98. The highest BCUT2D eigenvalue weighted by atomic mass is 35.5. The van der Waals surface area contributed by atoms with Crippen LogP contribution in [0.3, 0.4) is 0 Å². The van der Waals surface area contributed by atoms with Crippen LogP contribution in [-0.4, -0.2) is 51.3 Å². The number of nitrogens with one attached hydrogen (secondary N) is 1. The summed E-state index contributed by atoms with van der Waals surface area (Å²) < 4.78 is 1.58. The number of nitrogens with zero attached hydrogens (tertiary/aromatic N) is 4. The van der Waals surface area contributed by atoms with E-state index in [0.29, 0.717) is 16.8 Å². The molecule has 3 aromatic rings. The molecule has 2 N–H and O–H groups in total. The minimum Gasteiger partial charge on any atom is -0.477 e. The SMILES string of the molecule is CN[C@@H]1CN(c2ccc3c(=O)c(C(=O)O)cn(-c4nccs4)c3n2)[C@H]1C.Cl. The van der Waals surface area contributed by atoms with E-state index < -0.39 is 11.4 Å². The van der Waals surface area contributed by atoms with Crippen molar-refractivity contribution < 1.29 is 9.90 Å². The summed E-state index contributed by atoms with van der Waals surface area (Å²) in [6.45, 7) is 2.93. The maximum Gasteiger partial charge on any atom is 0.341 e. The normalized spacial score (nSPS) is 18.8. The Morgan fingerprint density at radius 1 is 1.41 bits per heavy atom. The maximum atomic E-state index is 12.5. The van der Waals surface area contributed by atoms with Gasteiger partial charge in [-0.3, -0.25) is 9.36 Å². The lowest BCUT2D eigenvalue weighted by molar-refractivity contribution is 0.0695. The highest BCUT2D eigenvalue weighted by Gasteiger charge is 2.35. The molecule has 0 spiro atoms. The number of hydrogen-bond acceptors (Lipinski definition) is 7. The number of hydrogen-bond donors (Lipinski definition) is 2. The summed E-state index contributed by atoms with van der Waals surface area (Å²) >= 11 is 1.35. The van der Waals surface area contributed by atoms with E-state index in [0.717, 1.165) is 12.4 Å². The van der Waals surface area contributed by atoms with Crippen molar-refractivity contribution >= 4 is 46.6 Å². The molecule has 0 saturated carbocycles. The van der Waals surface area contributed by atoms with Gasteiger partial charge in [-0.2, -0.15) is 0 Å². The number of carboxylic acid groups (broad SMARTS) is 1. The largest absolute Gasteiger partial charge is 0.477 e. The number of pyridine rings is 2. The van der Waals surface area contributed by atoms with Crippen LogP contribution in [0.15, 0.2) is 34.7 Å². The summed E-state index contributed by atoms with van der Waals surface area (Å²) in [6, 6.07) is 4.09. The molecule has 4 rings (SSSR count). The lowest BCUT2D eigenvalue weighted by Crippen LogP contribution is -2.64. The number of aromatic nitrogens is 3.